The summed E-state index contributed by atoms with van der Waals surface area (Å²) in [4.78, 5) is 15.5. The number of nitrogens with zero attached hydrogens (tertiary/aromatic N) is 2. The first kappa shape index (κ1) is 5.68. The molecule has 0 saturated carbocycles. The molecule has 1 fully saturated rings. The molecule has 1 aromatic rings. The smallest absolute Gasteiger partial charge is 0.309 e. The SMILES string of the molecule is [2H]CC[C@]1([2H])C(=O)OC[C@@H]1Cc1cncn1C([2H])([2H])[2H]. The maximum atomic E-state index is 11.7. The van der Waals surface area contributed by atoms with Gasteiger partial charge in [-0.3, -0.25) is 4.79 Å². The Labute approximate surface area is 96.3 Å². The Bertz CT molecular complexity index is 501. The first-order chi connectivity index (χ1) is 9.29. The maximum absolute atomic E-state index is 11.7. The Balaban J connectivity index is 2.22. The molecule has 0 aliphatic carbocycles. The van der Waals surface area contributed by atoms with Crippen molar-refractivity contribution in [2.45, 2.75) is 19.7 Å². The van der Waals surface area contributed by atoms with Crippen LogP contribution in [-0.2, 0) is 22.9 Å². The van der Waals surface area contributed by atoms with E-state index in [1.54, 1.807) is 0 Å². The van der Waals surface area contributed by atoms with Gasteiger partial charge >= 0.3 is 5.97 Å². The van der Waals surface area contributed by atoms with Crippen molar-refractivity contribution < 1.29 is 16.4 Å². The molecule has 2 heterocycles. The number of hydrogen-bond acceptors (Lipinski definition) is 3. The molecule has 2 atom stereocenters. The fourth-order valence-electron chi connectivity index (χ4n) is 1.75. The fourth-order valence-corrected chi connectivity index (χ4v) is 1.75. The van der Waals surface area contributed by atoms with Crippen LogP contribution in [0.25, 0.3) is 0 Å². The van der Waals surface area contributed by atoms with E-state index in [4.69, 9.17) is 11.6 Å². The molecule has 82 valence electrons. The molecule has 0 radical (unpaired) electrons. The topological polar surface area (TPSA) is 44.1 Å². The number of carbonyl (C=O) groups is 1. The second kappa shape index (κ2) is 4.04. The fraction of sp³-hybridized carbons (Fsp3) is 0.636. The van der Waals surface area contributed by atoms with Gasteiger partial charge in [-0.15, -0.1) is 0 Å². The first-order valence-corrected chi connectivity index (χ1v) is 4.77. The van der Waals surface area contributed by atoms with Gasteiger partial charge in [-0.1, -0.05) is 6.90 Å². The zero-order valence-corrected chi connectivity index (χ0v) is 8.27. The molecular weight excluding hydrogens is 192 g/mol. The van der Waals surface area contributed by atoms with E-state index in [1.807, 2.05) is 0 Å². The quantitative estimate of drug-likeness (QED) is 0.708. The first-order valence-electron chi connectivity index (χ1n) is 7.48. The van der Waals surface area contributed by atoms with E-state index in [-0.39, 0.29) is 26.3 Å². The molecule has 0 aromatic carbocycles. The van der Waals surface area contributed by atoms with Crippen LogP contribution in [-0.4, -0.2) is 22.1 Å². The summed E-state index contributed by atoms with van der Waals surface area (Å²) >= 11 is 0. The van der Waals surface area contributed by atoms with Gasteiger partial charge in [-0.05, 0) is 12.8 Å². The van der Waals surface area contributed by atoms with Crippen LogP contribution < -0.4 is 0 Å². The summed E-state index contributed by atoms with van der Waals surface area (Å²) in [6, 6.07) is 0. The van der Waals surface area contributed by atoms with Gasteiger partial charge in [-0.2, -0.15) is 0 Å². The third-order valence-electron chi connectivity index (χ3n) is 2.61. The van der Waals surface area contributed by atoms with Crippen molar-refractivity contribution in [1.29, 1.82) is 0 Å². The summed E-state index contributed by atoms with van der Waals surface area (Å²) in [5.74, 6) is -2.56. The molecule has 0 unspecified atom stereocenters. The van der Waals surface area contributed by atoms with E-state index < -0.39 is 24.8 Å². The number of hydrogen-bond donors (Lipinski definition) is 0. The maximum Gasteiger partial charge on any atom is 0.309 e. The zero-order chi connectivity index (χ0) is 15.0. The summed E-state index contributed by atoms with van der Waals surface area (Å²) in [5, 5.41) is 0. The molecule has 0 amide bonds. The van der Waals surface area contributed by atoms with E-state index in [0.717, 1.165) is 4.57 Å². The van der Waals surface area contributed by atoms with E-state index in [1.165, 1.54) is 12.5 Å². The van der Waals surface area contributed by atoms with Crippen LogP contribution in [0.4, 0.5) is 0 Å². The normalized spacial score (nSPS) is 36.1. The second-order valence-corrected chi connectivity index (χ2v) is 3.53. The molecular formula is C11H16N2O2. The third kappa shape index (κ3) is 1.89. The Morgan fingerprint density at radius 2 is 2.80 bits per heavy atom. The predicted molar refractivity (Wildman–Crippen MR) is 55.1 cm³/mol. The van der Waals surface area contributed by atoms with Crippen molar-refractivity contribution in [2.24, 2.45) is 18.8 Å². The summed E-state index contributed by atoms with van der Waals surface area (Å²) in [5.41, 5.74) is 0.440. The molecule has 0 spiro atoms. The highest BCUT2D eigenvalue weighted by molar-refractivity contribution is 5.74. The largest absolute Gasteiger partial charge is 0.465 e. The number of carbonyl (C=O) groups excluding carboxylic acids is 1. The lowest BCUT2D eigenvalue weighted by molar-refractivity contribution is -0.141. The van der Waals surface area contributed by atoms with Gasteiger partial charge < -0.3 is 9.30 Å². The van der Waals surface area contributed by atoms with E-state index in [9.17, 15) is 4.79 Å². The molecule has 1 aliphatic heterocycles. The highest BCUT2D eigenvalue weighted by Gasteiger charge is 2.35. The number of imidazole rings is 1. The summed E-state index contributed by atoms with van der Waals surface area (Å²) in [6.45, 7) is -2.31. The van der Waals surface area contributed by atoms with Crippen LogP contribution in [0.2, 0.25) is 0 Å². The number of cyclic esters (lactones) is 1. The molecule has 0 N–H and O–H groups in total. The Hall–Kier alpha value is -1.32. The molecule has 2 rings (SSSR count). The van der Waals surface area contributed by atoms with Gasteiger partial charge in [0, 0.05) is 31.6 Å². The average Bonchev–Trinajstić information content (AvgIpc) is 2.90. The molecule has 1 aliphatic rings. The van der Waals surface area contributed by atoms with Crippen molar-refractivity contribution in [2.75, 3.05) is 6.61 Å². The molecule has 15 heavy (non-hydrogen) atoms. The lowest BCUT2D eigenvalue weighted by Gasteiger charge is -2.12. The molecule has 1 saturated heterocycles. The zero-order valence-electron chi connectivity index (χ0n) is 13.3. The van der Waals surface area contributed by atoms with Crippen LogP contribution in [0.3, 0.4) is 0 Å². The van der Waals surface area contributed by atoms with Crippen molar-refractivity contribution in [1.82, 2.24) is 9.55 Å². The minimum Gasteiger partial charge on any atom is -0.465 e. The van der Waals surface area contributed by atoms with Crippen LogP contribution in [0.1, 0.15) is 25.9 Å². The van der Waals surface area contributed by atoms with Crippen LogP contribution >= 0.6 is 0 Å². The van der Waals surface area contributed by atoms with Gasteiger partial charge in [-0.25, -0.2) is 4.98 Å². The minimum atomic E-state index is -2.34. The summed E-state index contributed by atoms with van der Waals surface area (Å²) in [6.07, 6.45) is 2.94. The van der Waals surface area contributed by atoms with Crippen molar-refractivity contribution in [3.05, 3.63) is 18.2 Å². The Morgan fingerprint density at radius 1 is 1.87 bits per heavy atom. The highest BCUT2D eigenvalue weighted by Crippen LogP contribution is 2.27. The van der Waals surface area contributed by atoms with E-state index >= 15 is 0 Å². The molecule has 4 heteroatoms. The van der Waals surface area contributed by atoms with Crippen LogP contribution in [0, 0.1) is 11.8 Å². The number of aryl methyl sites for hydroxylation is 1. The molecule has 4 nitrogen and oxygen atoms in total. The van der Waals surface area contributed by atoms with Gasteiger partial charge in [0.2, 0.25) is 0 Å². The Morgan fingerprint density at radius 3 is 3.60 bits per heavy atom. The van der Waals surface area contributed by atoms with Crippen molar-refractivity contribution >= 4 is 5.97 Å². The summed E-state index contributed by atoms with van der Waals surface area (Å²) in [7, 11) is 0. The standard InChI is InChI=1S/C11H16N2O2/c1-3-10-8(6-15-11(10)14)4-9-5-12-7-13(9)2/h5,7-8,10H,3-4,6H2,1-2H3/t8-,10-/m0/s1/i1D,2D3,10D. The van der Waals surface area contributed by atoms with Crippen LogP contribution in [0.15, 0.2) is 12.5 Å². The second-order valence-electron chi connectivity index (χ2n) is 3.53. The van der Waals surface area contributed by atoms with Gasteiger partial charge in [0.05, 0.1) is 18.8 Å². The Kier molecular flexibility index (Phi) is 1.53. The number of aromatic nitrogens is 2. The lowest BCUT2D eigenvalue weighted by Crippen LogP contribution is -2.18. The van der Waals surface area contributed by atoms with Gasteiger partial charge in [0.15, 0.2) is 0 Å². The van der Waals surface area contributed by atoms with Crippen LogP contribution in [0.5, 0.6) is 0 Å². The summed E-state index contributed by atoms with van der Waals surface area (Å²) < 4.78 is 43.6. The predicted octanol–water partition coefficient (Wildman–Crippen LogP) is 1.16. The molecule has 0 bridgehead atoms. The van der Waals surface area contributed by atoms with Crippen molar-refractivity contribution in [3.8, 4) is 0 Å². The van der Waals surface area contributed by atoms with E-state index in [0.29, 0.717) is 5.69 Å². The molecule has 1 aromatic heterocycles. The average molecular weight is 213 g/mol. The highest BCUT2D eigenvalue weighted by atomic mass is 16.5. The number of ether oxygens (including phenoxy) is 1. The van der Waals surface area contributed by atoms with Crippen molar-refractivity contribution in [3.63, 3.8) is 0 Å². The minimum absolute atomic E-state index is 0.0480. The van der Waals surface area contributed by atoms with Gasteiger partial charge in [0.25, 0.3) is 0 Å². The lowest BCUT2D eigenvalue weighted by atomic mass is 9.89. The monoisotopic (exact) mass is 213 g/mol. The van der Waals surface area contributed by atoms with E-state index in [2.05, 4.69) is 4.98 Å². The number of rotatable bonds is 3. The third-order valence-corrected chi connectivity index (χ3v) is 2.61. The number of esters is 1. The van der Waals surface area contributed by atoms with Gasteiger partial charge in [0.1, 0.15) is 0 Å².